The SMILES string of the molecule is CCOC(=O)[C@H]1CCCN(C(=O)N[C@@H]2CC(=O)N(c3ccc(C)cc3)C2)C1. The Kier molecular flexibility index (Phi) is 5.98. The number of hydrogen-bond donors (Lipinski definition) is 1. The minimum atomic E-state index is -0.265. The summed E-state index contributed by atoms with van der Waals surface area (Å²) in [6.45, 7) is 5.57. The normalized spacial score (nSPS) is 22.7. The monoisotopic (exact) mass is 373 g/mol. The van der Waals surface area contributed by atoms with E-state index < -0.39 is 0 Å². The van der Waals surface area contributed by atoms with Gasteiger partial charge in [-0.2, -0.15) is 0 Å². The standard InChI is InChI=1S/C20H27N3O4/c1-3-27-19(25)15-5-4-10-22(12-15)20(26)21-16-11-18(24)23(13-16)17-8-6-14(2)7-9-17/h6-9,15-16H,3-5,10-13H2,1-2H3,(H,21,26)/t15-,16+/m0/s1. The maximum Gasteiger partial charge on any atom is 0.317 e. The van der Waals surface area contributed by atoms with E-state index in [9.17, 15) is 14.4 Å². The summed E-state index contributed by atoms with van der Waals surface area (Å²) in [5.41, 5.74) is 1.99. The van der Waals surface area contributed by atoms with E-state index in [-0.39, 0.29) is 36.3 Å². The number of hydrogen-bond acceptors (Lipinski definition) is 4. The van der Waals surface area contributed by atoms with Crippen molar-refractivity contribution in [3.63, 3.8) is 0 Å². The van der Waals surface area contributed by atoms with Gasteiger partial charge in [-0.3, -0.25) is 9.59 Å². The molecule has 1 N–H and O–H groups in total. The van der Waals surface area contributed by atoms with Crippen LogP contribution in [0.4, 0.5) is 10.5 Å². The van der Waals surface area contributed by atoms with E-state index in [0.29, 0.717) is 26.2 Å². The number of urea groups is 1. The zero-order valence-corrected chi connectivity index (χ0v) is 15.9. The number of esters is 1. The Hall–Kier alpha value is -2.57. The fraction of sp³-hybridized carbons (Fsp3) is 0.550. The van der Waals surface area contributed by atoms with Crippen LogP contribution in [0.3, 0.4) is 0 Å². The average molecular weight is 373 g/mol. The highest BCUT2D eigenvalue weighted by Gasteiger charge is 2.34. The van der Waals surface area contributed by atoms with Crippen LogP contribution in [0.1, 0.15) is 31.7 Å². The van der Waals surface area contributed by atoms with Crippen molar-refractivity contribution in [1.29, 1.82) is 0 Å². The predicted octanol–water partition coefficient (Wildman–Crippen LogP) is 2.09. The minimum absolute atomic E-state index is 0.00666. The van der Waals surface area contributed by atoms with Gasteiger partial charge in [0, 0.05) is 31.7 Å². The Morgan fingerprint density at radius 3 is 2.67 bits per heavy atom. The smallest absolute Gasteiger partial charge is 0.317 e. The van der Waals surface area contributed by atoms with E-state index in [2.05, 4.69) is 5.32 Å². The number of piperidine rings is 1. The maximum absolute atomic E-state index is 12.6. The van der Waals surface area contributed by atoms with Gasteiger partial charge in [-0.25, -0.2) is 4.79 Å². The molecule has 3 amide bonds. The third-order valence-electron chi connectivity index (χ3n) is 5.13. The lowest BCUT2D eigenvalue weighted by atomic mass is 9.98. The van der Waals surface area contributed by atoms with Crippen molar-refractivity contribution >= 4 is 23.6 Å². The summed E-state index contributed by atoms with van der Waals surface area (Å²) >= 11 is 0. The van der Waals surface area contributed by atoms with Gasteiger partial charge >= 0.3 is 12.0 Å². The fourth-order valence-corrected chi connectivity index (χ4v) is 3.66. The second kappa shape index (κ2) is 8.41. The molecular weight excluding hydrogens is 346 g/mol. The Balaban J connectivity index is 1.56. The second-order valence-corrected chi connectivity index (χ2v) is 7.23. The number of benzene rings is 1. The zero-order valence-electron chi connectivity index (χ0n) is 15.9. The van der Waals surface area contributed by atoms with E-state index in [0.717, 1.165) is 24.1 Å². The molecule has 1 aromatic rings. The minimum Gasteiger partial charge on any atom is -0.466 e. The molecule has 2 fully saturated rings. The number of carbonyl (C=O) groups is 3. The average Bonchev–Trinajstić information content (AvgIpc) is 3.02. The van der Waals surface area contributed by atoms with Crippen LogP contribution in [0.25, 0.3) is 0 Å². The molecule has 1 aromatic carbocycles. The maximum atomic E-state index is 12.6. The molecule has 0 spiro atoms. The first kappa shape index (κ1) is 19.2. The number of nitrogens with one attached hydrogen (secondary N) is 1. The molecular formula is C20H27N3O4. The van der Waals surface area contributed by atoms with Crippen molar-refractivity contribution in [2.24, 2.45) is 5.92 Å². The van der Waals surface area contributed by atoms with Gasteiger partial charge in [0.25, 0.3) is 0 Å². The van der Waals surface area contributed by atoms with Crippen LogP contribution in [0.5, 0.6) is 0 Å². The van der Waals surface area contributed by atoms with Crippen molar-refractivity contribution in [2.45, 2.75) is 39.2 Å². The molecule has 0 aromatic heterocycles. The van der Waals surface area contributed by atoms with E-state index in [4.69, 9.17) is 4.74 Å². The summed E-state index contributed by atoms with van der Waals surface area (Å²) in [6, 6.07) is 7.34. The molecule has 2 atom stereocenters. The van der Waals surface area contributed by atoms with Crippen molar-refractivity contribution in [1.82, 2.24) is 10.2 Å². The van der Waals surface area contributed by atoms with Gasteiger partial charge in [0.2, 0.25) is 5.91 Å². The molecule has 0 aliphatic carbocycles. The number of rotatable bonds is 4. The summed E-state index contributed by atoms with van der Waals surface area (Å²) in [5, 5.41) is 2.95. The Bertz CT molecular complexity index is 704. The molecule has 3 rings (SSSR count). The van der Waals surface area contributed by atoms with Crippen LogP contribution >= 0.6 is 0 Å². The van der Waals surface area contributed by atoms with Crippen LogP contribution < -0.4 is 10.2 Å². The molecule has 7 nitrogen and oxygen atoms in total. The highest BCUT2D eigenvalue weighted by atomic mass is 16.5. The van der Waals surface area contributed by atoms with Gasteiger partial charge < -0.3 is 19.9 Å². The number of anilines is 1. The van der Waals surface area contributed by atoms with Gasteiger partial charge in [-0.05, 0) is 38.8 Å². The molecule has 2 aliphatic rings. The largest absolute Gasteiger partial charge is 0.466 e. The lowest BCUT2D eigenvalue weighted by molar-refractivity contribution is -0.149. The molecule has 146 valence electrons. The van der Waals surface area contributed by atoms with E-state index in [1.54, 1.807) is 16.7 Å². The van der Waals surface area contributed by atoms with Crippen LogP contribution in [-0.2, 0) is 14.3 Å². The summed E-state index contributed by atoms with van der Waals surface area (Å²) in [4.78, 5) is 40.3. The van der Waals surface area contributed by atoms with Crippen LogP contribution in [-0.4, -0.2) is 55.1 Å². The number of carbonyl (C=O) groups excluding carboxylic acids is 3. The Morgan fingerprint density at radius 2 is 1.96 bits per heavy atom. The number of aryl methyl sites for hydroxylation is 1. The lowest BCUT2D eigenvalue weighted by Gasteiger charge is -2.32. The summed E-state index contributed by atoms with van der Waals surface area (Å²) < 4.78 is 5.08. The molecule has 0 saturated carbocycles. The highest BCUT2D eigenvalue weighted by molar-refractivity contribution is 5.96. The lowest BCUT2D eigenvalue weighted by Crippen LogP contribution is -2.50. The van der Waals surface area contributed by atoms with Crippen molar-refractivity contribution in [3.05, 3.63) is 29.8 Å². The molecule has 2 aliphatic heterocycles. The van der Waals surface area contributed by atoms with Crippen LogP contribution in [0, 0.1) is 12.8 Å². The molecule has 2 heterocycles. The van der Waals surface area contributed by atoms with Crippen LogP contribution in [0.2, 0.25) is 0 Å². The quantitative estimate of drug-likeness (QED) is 0.820. The van der Waals surface area contributed by atoms with Crippen molar-refractivity contribution in [3.8, 4) is 0 Å². The summed E-state index contributed by atoms with van der Waals surface area (Å²) in [7, 11) is 0. The Labute approximate surface area is 159 Å². The zero-order chi connectivity index (χ0) is 19.4. The van der Waals surface area contributed by atoms with Gasteiger partial charge in [0.15, 0.2) is 0 Å². The van der Waals surface area contributed by atoms with Gasteiger partial charge in [-0.15, -0.1) is 0 Å². The third kappa shape index (κ3) is 4.59. The Morgan fingerprint density at radius 1 is 1.22 bits per heavy atom. The van der Waals surface area contributed by atoms with Crippen LogP contribution in [0.15, 0.2) is 24.3 Å². The number of nitrogens with zero attached hydrogens (tertiary/aromatic N) is 2. The van der Waals surface area contributed by atoms with Gasteiger partial charge in [0.05, 0.1) is 18.6 Å². The second-order valence-electron chi connectivity index (χ2n) is 7.23. The van der Waals surface area contributed by atoms with E-state index in [1.807, 2.05) is 31.2 Å². The number of ether oxygens (including phenoxy) is 1. The van der Waals surface area contributed by atoms with E-state index in [1.165, 1.54) is 0 Å². The number of amides is 3. The highest BCUT2D eigenvalue weighted by Crippen LogP contribution is 2.23. The first-order valence-corrected chi connectivity index (χ1v) is 9.57. The van der Waals surface area contributed by atoms with Gasteiger partial charge in [-0.1, -0.05) is 17.7 Å². The molecule has 0 unspecified atom stereocenters. The molecule has 27 heavy (non-hydrogen) atoms. The predicted molar refractivity (Wildman–Crippen MR) is 101 cm³/mol. The summed E-state index contributed by atoms with van der Waals surface area (Å²) in [6.07, 6.45) is 1.80. The number of likely N-dealkylation sites (tertiary alicyclic amines) is 1. The molecule has 2 saturated heterocycles. The molecule has 0 radical (unpaired) electrons. The van der Waals surface area contributed by atoms with Crippen molar-refractivity contribution < 1.29 is 19.1 Å². The topological polar surface area (TPSA) is 79.0 Å². The van der Waals surface area contributed by atoms with Gasteiger partial charge in [0.1, 0.15) is 0 Å². The third-order valence-corrected chi connectivity index (χ3v) is 5.13. The van der Waals surface area contributed by atoms with E-state index >= 15 is 0 Å². The molecule has 7 heteroatoms. The first-order chi connectivity index (χ1) is 13.0. The fourth-order valence-electron chi connectivity index (χ4n) is 3.66. The first-order valence-electron chi connectivity index (χ1n) is 9.57. The summed E-state index contributed by atoms with van der Waals surface area (Å²) in [5.74, 6) is -0.498. The molecule has 0 bridgehead atoms. The van der Waals surface area contributed by atoms with Crippen molar-refractivity contribution in [2.75, 3.05) is 31.1 Å².